The molecule has 0 aliphatic heterocycles. The molecule has 1 rings (SSSR count). The summed E-state index contributed by atoms with van der Waals surface area (Å²) in [5.74, 6) is 1.75. The first kappa shape index (κ1) is 15.7. The van der Waals surface area contributed by atoms with Crippen LogP contribution in [0.15, 0.2) is 24.3 Å². The molecule has 19 heavy (non-hydrogen) atoms. The molecule has 1 atom stereocenters. The number of carbonyl (C=O) groups excluding carboxylic acids is 1. The van der Waals surface area contributed by atoms with Crippen molar-refractivity contribution < 1.29 is 9.53 Å². The first-order valence-corrected chi connectivity index (χ1v) is 7.34. The van der Waals surface area contributed by atoms with Crippen LogP contribution in [0.1, 0.15) is 51.5 Å². The lowest BCUT2D eigenvalue weighted by Crippen LogP contribution is -2.10. The Balaban J connectivity index is 2.44. The quantitative estimate of drug-likeness (QED) is 0.658. The van der Waals surface area contributed by atoms with Crippen molar-refractivity contribution in [1.82, 2.24) is 0 Å². The van der Waals surface area contributed by atoms with Gasteiger partial charge in [0.05, 0.1) is 7.11 Å². The van der Waals surface area contributed by atoms with Crippen molar-refractivity contribution in [2.75, 3.05) is 7.11 Å². The Morgan fingerprint density at radius 3 is 2.42 bits per heavy atom. The lowest BCUT2D eigenvalue weighted by Gasteiger charge is -2.13. The van der Waals surface area contributed by atoms with E-state index < -0.39 is 0 Å². The van der Waals surface area contributed by atoms with Crippen molar-refractivity contribution in [1.29, 1.82) is 0 Å². The monoisotopic (exact) mass is 262 g/mol. The molecule has 0 aromatic heterocycles. The van der Waals surface area contributed by atoms with Gasteiger partial charge in [-0.25, -0.2) is 0 Å². The summed E-state index contributed by atoms with van der Waals surface area (Å²) in [4.78, 5) is 12.1. The van der Waals surface area contributed by atoms with Gasteiger partial charge < -0.3 is 4.74 Å². The Morgan fingerprint density at radius 1 is 1.21 bits per heavy atom. The summed E-state index contributed by atoms with van der Waals surface area (Å²) >= 11 is 0. The first-order chi connectivity index (χ1) is 9.19. The fourth-order valence-corrected chi connectivity index (χ4v) is 2.31. The summed E-state index contributed by atoms with van der Waals surface area (Å²) in [6.07, 6.45) is 6.00. The molecule has 2 nitrogen and oxygen atoms in total. The highest BCUT2D eigenvalue weighted by atomic mass is 16.5. The van der Waals surface area contributed by atoms with Gasteiger partial charge in [0, 0.05) is 12.8 Å². The van der Waals surface area contributed by atoms with Crippen molar-refractivity contribution in [2.45, 2.75) is 52.4 Å². The molecule has 0 heterocycles. The Labute approximate surface area is 117 Å². The zero-order valence-electron chi connectivity index (χ0n) is 12.4. The van der Waals surface area contributed by atoms with E-state index in [-0.39, 0.29) is 0 Å². The van der Waals surface area contributed by atoms with Gasteiger partial charge in [0.1, 0.15) is 11.5 Å². The number of methoxy groups -OCH3 is 1. The number of Topliss-reactive ketones (excluding diaryl/α,β-unsaturated/α-hetero) is 1. The van der Waals surface area contributed by atoms with Crippen LogP contribution in [0, 0.1) is 5.92 Å². The molecule has 0 bridgehead atoms. The highest BCUT2D eigenvalue weighted by molar-refractivity contribution is 5.81. The Bertz CT molecular complexity index is 367. The maximum Gasteiger partial charge on any atom is 0.137 e. The number of ether oxygens (including phenoxy) is 1. The number of benzene rings is 1. The summed E-state index contributed by atoms with van der Waals surface area (Å²) in [6, 6.07) is 7.78. The van der Waals surface area contributed by atoms with Crippen LogP contribution in [-0.2, 0) is 11.2 Å². The van der Waals surface area contributed by atoms with Crippen LogP contribution in [0.5, 0.6) is 5.75 Å². The number of hydrogen-bond acceptors (Lipinski definition) is 2. The number of rotatable bonds is 9. The standard InChI is InChI=1S/C17H26O2/c1-4-6-7-14(5-2)12-16(18)13-15-8-10-17(19-3)11-9-15/h8-11,14H,4-7,12-13H2,1-3H3. The van der Waals surface area contributed by atoms with Crippen LogP contribution >= 0.6 is 0 Å². The van der Waals surface area contributed by atoms with Crippen LogP contribution in [0.4, 0.5) is 0 Å². The van der Waals surface area contributed by atoms with Crippen LogP contribution in [0.25, 0.3) is 0 Å². The fraction of sp³-hybridized carbons (Fsp3) is 0.588. The SMILES string of the molecule is CCCCC(CC)CC(=O)Cc1ccc(OC)cc1. The van der Waals surface area contributed by atoms with Gasteiger partial charge in [0.15, 0.2) is 0 Å². The van der Waals surface area contributed by atoms with E-state index in [0.29, 0.717) is 18.1 Å². The molecule has 0 N–H and O–H groups in total. The lowest BCUT2D eigenvalue weighted by molar-refractivity contribution is -0.119. The molecular formula is C17H26O2. The van der Waals surface area contributed by atoms with E-state index in [9.17, 15) is 4.79 Å². The molecule has 0 radical (unpaired) electrons. The number of hydrogen-bond donors (Lipinski definition) is 0. The summed E-state index contributed by atoms with van der Waals surface area (Å²) in [7, 11) is 1.65. The van der Waals surface area contributed by atoms with Gasteiger partial charge in [-0.15, -0.1) is 0 Å². The van der Waals surface area contributed by atoms with Crippen molar-refractivity contribution in [2.24, 2.45) is 5.92 Å². The highest BCUT2D eigenvalue weighted by Gasteiger charge is 2.12. The smallest absolute Gasteiger partial charge is 0.137 e. The van der Waals surface area contributed by atoms with Gasteiger partial charge >= 0.3 is 0 Å². The van der Waals surface area contributed by atoms with Crippen LogP contribution < -0.4 is 4.74 Å². The molecule has 0 saturated carbocycles. The van der Waals surface area contributed by atoms with E-state index >= 15 is 0 Å². The minimum absolute atomic E-state index is 0.355. The van der Waals surface area contributed by atoms with Gasteiger partial charge in [-0.2, -0.15) is 0 Å². The zero-order valence-corrected chi connectivity index (χ0v) is 12.4. The average Bonchev–Trinajstić information content (AvgIpc) is 2.44. The number of unbranched alkanes of at least 4 members (excludes halogenated alkanes) is 1. The van der Waals surface area contributed by atoms with E-state index in [2.05, 4.69) is 13.8 Å². The third-order valence-electron chi connectivity index (χ3n) is 3.62. The van der Waals surface area contributed by atoms with Gasteiger partial charge in [-0.1, -0.05) is 51.7 Å². The summed E-state index contributed by atoms with van der Waals surface area (Å²) in [5, 5.41) is 0. The van der Waals surface area contributed by atoms with E-state index in [4.69, 9.17) is 4.74 Å². The Hall–Kier alpha value is -1.31. The predicted molar refractivity (Wildman–Crippen MR) is 79.6 cm³/mol. The van der Waals surface area contributed by atoms with Crippen LogP contribution in [0.2, 0.25) is 0 Å². The fourth-order valence-electron chi connectivity index (χ4n) is 2.31. The molecule has 0 aliphatic carbocycles. The topological polar surface area (TPSA) is 26.3 Å². The maximum atomic E-state index is 12.1. The molecule has 0 spiro atoms. The number of carbonyl (C=O) groups is 1. The van der Waals surface area contributed by atoms with Crippen LogP contribution in [-0.4, -0.2) is 12.9 Å². The molecule has 2 heteroatoms. The van der Waals surface area contributed by atoms with Crippen molar-refractivity contribution in [3.05, 3.63) is 29.8 Å². The summed E-state index contributed by atoms with van der Waals surface area (Å²) in [6.45, 7) is 4.38. The molecule has 1 unspecified atom stereocenters. The average molecular weight is 262 g/mol. The molecule has 0 amide bonds. The minimum atomic E-state index is 0.355. The number of ketones is 1. The van der Waals surface area contributed by atoms with Gasteiger partial charge in [0.25, 0.3) is 0 Å². The molecule has 0 saturated heterocycles. The van der Waals surface area contributed by atoms with Gasteiger partial charge in [0.2, 0.25) is 0 Å². The summed E-state index contributed by atoms with van der Waals surface area (Å²) < 4.78 is 5.12. The van der Waals surface area contributed by atoms with E-state index in [1.165, 1.54) is 19.3 Å². The maximum absolute atomic E-state index is 12.1. The molecule has 1 aromatic rings. The predicted octanol–water partition coefficient (Wildman–Crippen LogP) is 4.41. The lowest BCUT2D eigenvalue weighted by atomic mass is 9.92. The third kappa shape index (κ3) is 5.91. The second-order valence-corrected chi connectivity index (χ2v) is 5.18. The Morgan fingerprint density at radius 2 is 1.89 bits per heavy atom. The largest absolute Gasteiger partial charge is 0.497 e. The Kier molecular flexibility index (Phi) is 7.24. The molecular weight excluding hydrogens is 236 g/mol. The first-order valence-electron chi connectivity index (χ1n) is 7.34. The second-order valence-electron chi connectivity index (χ2n) is 5.18. The normalized spacial score (nSPS) is 12.2. The van der Waals surface area contributed by atoms with E-state index in [0.717, 1.165) is 24.2 Å². The van der Waals surface area contributed by atoms with Crippen molar-refractivity contribution in [3.8, 4) is 5.75 Å². The van der Waals surface area contributed by atoms with Gasteiger partial charge in [-0.05, 0) is 23.6 Å². The van der Waals surface area contributed by atoms with Gasteiger partial charge in [-0.3, -0.25) is 4.79 Å². The third-order valence-corrected chi connectivity index (χ3v) is 3.62. The van der Waals surface area contributed by atoms with E-state index in [1.54, 1.807) is 7.11 Å². The molecule has 0 fully saturated rings. The van der Waals surface area contributed by atoms with Crippen molar-refractivity contribution in [3.63, 3.8) is 0 Å². The second kappa shape index (κ2) is 8.73. The van der Waals surface area contributed by atoms with E-state index in [1.807, 2.05) is 24.3 Å². The minimum Gasteiger partial charge on any atom is -0.497 e. The zero-order chi connectivity index (χ0) is 14.1. The van der Waals surface area contributed by atoms with Crippen molar-refractivity contribution >= 4 is 5.78 Å². The molecule has 1 aromatic carbocycles. The van der Waals surface area contributed by atoms with Crippen LogP contribution in [0.3, 0.4) is 0 Å². The molecule has 106 valence electrons. The summed E-state index contributed by atoms with van der Waals surface area (Å²) in [5.41, 5.74) is 1.08. The molecule has 0 aliphatic rings. The highest BCUT2D eigenvalue weighted by Crippen LogP contribution is 2.19.